The van der Waals surface area contributed by atoms with Gasteiger partial charge in [0.25, 0.3) is 0 Å². The molecule has 0 atom stereocenters. The van der Waals surface area contributed by atoms with Crippen LogP contribution in [0.2, 0.25) is 13.1 Å². The second-order valence-electron chi connectivity index (χ2n) is 6.06. The normalized spacial score (nSPS) is 9.36. The number of hydrogen-bond donors (Lipinski definition) is 0. The van der Waals surface area contributed by atoms with E-state index in [2.05, 4.69) is 78.9 Å². The largest absolute Gasteiger partial charge is 0.208 e. The second kappa shape index (κ2) is 11.0. The zero-order chi connectivity index (χ0) is 17.4. The minimum Gasteiger partial charge on any atom is -0.208 e. The van der Waals surface area contributed by atoms with Crippen LogP contribution in [0.3, 0.4) is 0 Å². The molecule has 0 heterocycles. The molecule has 0 aliphatic carbocycles. The van der Waals surface area contributed by atoms with Crippen LogP contribution in [-0.4, -0.2) is 5.49 Å². The van der Waals surface area contributed by atoms with Gasteiger partial charge >= 0.3 is 53.4 Å². The van der Waals surface area contributed by atoms with E-state index in [1.54, 1.807) is 0 Å². The summed E-state index contributed by atoms with van der Waals surface area (Å²) in [6.07, 6.45) is 0. The van der Waals surface area contributed by atoms with Crippen molar-refractivity contribution < 1.29 is 17.7 Å². The van der Waals surface area contributed by atoms with Crippen molar-refractivity contribution in [3.05, 3.63) is 57.6 Å². The molecule has 2 aromatic rings. The van der Waals surface area contributed by atoms with Gasteiger partial charge in [0.2, 0.25) is 0 Å². The van der Waals surface area contributed by atoms with Crippen LogP contribution in [0, 0.1) is 41.5 Å². The van der Waals surface area contributed by atoms with E-state index in [1.165, 1.54) is 33.4 Å². The number of rotatable bonds is 0. The fraction of sp³-hybridized carbons (Fsp3) is 0.444. The SMILES string of the molecule is C[Si](C)=[Hf]([Cl])[Cl].Cc1cc(C)c(C)[cH-]1.Cc1cc(C)c(C)[cH-]1. The Balaban J connectivity index is 0.000000306. The van der Waals surface area contributed by atoms with E-state index in [0.29, 0.717) is 0 Å². The smallest absolute Gasteiger partial charge is 0.0632 e. The van der Waals surface area contributed by atoms with Gasteiger partial charge in [0.1, 0.15) is 0 Å². The van der Waals surface area contributed by atoms with E-state index < -0.39 is 17.7 Å². The van der Waals surface area contributed by atoms with Gasteiger partial charge in [-0.2, -0.15) is 45.5 Å². The third kappa shape index (κ3) is 9.49. The van der Waals surface area contributed by atoms with Gasteiger partial charge in [-0.25, -0.2) is 12.1 Å². The summed E-state index contributed by atoms with van der Waals surface area (Å²) in [6, 6.07) is 8.81. The third-order valence-electron chi connectivity index (χ3n) is 3.40. The monoisotopic (exact) mass is 522 g/mol. The summed E-state index contributed by atoms with van der Waals surface area (Å²) in [5.41, 5.74) is 8.16. The minimum absolute atomic E-state index is 0.208. The first-order valence-electron chi connectivity index (χ1n) is 7.44. The first-order chi connectivity index (χ1) is 10.0. The molecule has 4 heteroatoms. The summed E-state index contributed by atoms with van der Waals surface area (Å²) in [5.74, 6) is 0. The Morgan fingerprint density at radius 3 is 1.09 bits per heavy atom. The molecule has 22 heavy (non-hydrogen) atoms. The van der Waals surface area contributed by atoms with Gasteiger partial charge in [0, 0.05) is 0 Å². The predicted molar refractivity (Wildman–Crippen MR) is 102 cm³/mol. The number of hydrogen-bond acceptors (Lipinski definition) is 0. The standard InChI is InChI=1S/2C8H11.C2H6Si.2ClH.Hf/c2*1-6-4-7(2)8(3)5-6;1-3-2;;;/h2*4-5H,1-3H3;1-2H3;2*1H;/q2*-1;;;;+2/p-2. The third-order valence-corrected chi connectivity index (χ3v) is 30.9. The maximum atomic E-state index is 5.64. The van der Waals surface area contributed by atoms with Crippen molar-refractivity contribution in [2.45, 2.75) is 54.6 Å². The van der Waals surface area contributed by atoms with Crippen LogP contribution in [0.25, 0.3) is 0 Å². The molecule has 2 aromatic carbocycles. The van der Waals surface area contributed by atoms with Crippen molar-refractivity contribution >= 4 is 22.6 Å². The summed E-state index contributed by atoms with van der Waals surface area (Å²) < 4.78 is 0. The minimum atomic E-state index is -1.78. The van der Waals surface area contributed by atoms with E-state index >= 15 is 0 Å². The van der Waals surface area contributed by atoms with Gasteiger partial charge in [0.05, 0.1) is 0 Å². The Morgan fingerprint density at radius 1 is 0.773 bits per heavy atom. The molecule has 0 unspecified atom stereocenters. The molecule has 0 spiro atoms. The zero-order valence-corrected chi connectivity index (χ0v) is 21.2. The molecule has 0 amide bonds. The first-order valence-corrected chi connectivity index (χ1v) is 24.2. The van der Waals surface area contributed by atoms with E-state index in [9.17, 15) is 0 Å². The van der Waals surface area contributed by atoms with Crippen LogP contribution < -0.4 is 0 Å². The van der Waals surface area contributed by atoms with E-state index in [4.69, 9.17) is 17.2 Å². The molecule has 0 bridgehead atoms. The van der Waals surface area contributed by atoms with Crippen molar-refractivity contribution in [2.75, 3.05) is 0 Å². The molecule has 124 valence electrons. The average Bonchev–Trinajstić information content (AvgIpc) is 2.82. The van der Waals surface area contributed by atoms with Crippen LogP contribution in [0.15, 0.2) is 24.3 Å². The van der Waals surface area contributed by atoms with Gasteiger partial charge in [-0.05, 0) is 0 Å². The summed E-state index contributed by atoms with van der Waals surface area (Å²) in [5, 5.41) is 0. The second-order valence-corrected chi connectivity index (χ2v) is 37.8. The predicted octanol–water partition coefficient (Wildman–Crippen LogP) is 6.82. The Bertz CT molecular complexity index is 520. The van der Waals surface area contributed by atoms with Crippen LogP contribution in [-0.2, 0) is 17.7 Å². The summed E-state index contributed by atoms with van der Waals surface area (Å²) in [6.45, 7) is 17.2. The molecular formula is C18H28Cl2HfSi-2. The van der Waals surface area contributed by atoms with Gasteiger partial charge in [-0.15, -0.1) is 0 Å². The van der Waals surface area contributed by atoms with E-state index in [1.807, 2.05) is 0 Å². The maximum absolute atomic E-state index is 5.64. The zero-order valence-electron chi connectivity index (χ0n) is 15.1. The molecule has 0 fully saturated rings. The molecule has 0 aliphatic rings. The Kier molecular flexibility index (Phi) is 11.2. The van der Waals surface area contributed by atoms with Crippen LogP contribution in [0.4, 0.5) is 0 Å². The maximum Gasteiger partial charge on any atom is -0.0632 e. The van der Waals surface area contributed by atoms with Crippen molar-refractivity contribution in [1.82, 2.24) is 0 Å². The van der Waals surface area contributed by atoms with Crippen molar-refractivity contribution in [2.24, 2.45) is 0 Å². The number of aryl methyl sites for hydroxylation is 6. The molecular weight excluding hydrogens is 494 g/mol. The van der Waals surface area contributed by atoms with Crippen LogP contribution >= 0.6 is 17.2 Å². The molecule has 0 N–H and O–H groups in total. The molecule has 0 aliphatic heterocycles. The molecule has 0 nitrogen and oxygen atoms in total. The first kappa shape index (κ1) is 22.4. The summed E-state index contributed by atoms with van der Waals surface area (Å²) in [7, 11) is 11.3. The molecule has 2 rings (SSSR count). The summed E-state index contributed by atoms with van der Waals surface area (Å²) >= 11 is -1.78. The average molecular weight is 522 g/mol. The quantitative estimate of drug-likeness (QED) is 0.263. The molecule has 0 saturated carbocycles. The Labute approximate surface area is 151 Å². The van der Waals surface area contributed by atoms with E-state index in [0.717, 1.165) is 0 Å². The van der Waals surface area contributed by atoms with Gasteiger partial charge in [0.15, 0.2) is 0 Å². The Morgan fingerprint density at radius 2 is 1.05 bits per heavy atom. The molecule has 0 saturated heterocycles. The van der Waals surface area contributed by atoms with Gasteiger partial charge in [-0.1, -0.05) is 41.5 Å². The van der Waals surface area contributed by atoms with Crippen molar-refractivity contribution in [3.8, 4) is 0 Å². The fourth-order valence-electron chi connectivity index (χ4n) is 1.90. The topological polar surface area (TPSA) is 0 Å². The van der Waals surface area contributed by atoms with Crippen molar-refractivity contribution in [1.29, 1.82) is 0 Å². The van der Waals surface area contributed by atoms with Crippen LogP contribution in [0.5, 0.6) is 0 Å². The van der Waals surface area contributed by atoms with Gasteiger partial charge in [-0.3, -0.25) is 0 Å². The van der Waals surface area contributed by atoms with Crippen LogP contribution in [0.1, 0.15) is 33.4 Å². The van der Waals surface area contributed by atoms with E-state index in [-0.39, 0.29) is 5.49 Å². The number of halogens is 2. The summed E-state index contributed by atoms with van der Waals surface area (Å²) in [4.78, 5) is 0. The molecule has 0 radical (unpaired) electrons. The van der Waals surface area contributed by atoms with Crippen molar-refractivity contribution in [3.63, 3.8) is 0 Å². The Hall–Kier alpha value is 0.367. The molecule has 0 aromatic heterocycles. The van der Waals surface area contributed by atoms with Gasteiger partial charge < -0.3 is 0 Å². The fourth-order valence-corrected chi connectivity index (χ4v) is 1.90.